The maximum Gasteiger partial charge on any atom is 0.481 e. The zero-order chi connectivity index (χ0) is 13.7. The van der Waals surface area contributed by atoms with Gasteiger partial charge >= 0.3 is 8.60 Å². The zero-order valence-corrected chi connectivity index (χ0v) is 12.3. The molecule has 19 heavy (non-hydrogen) atoms. The summed E-state index contributed by atoms with van der Waals surface area (Å²) >= 11 is 5.41. The van der Waals surface area contributed by atoms with E-state index in [4.69, 9.17) is 25.0 Å². The van der Waals surface area contributed by atoms with Crippen molar-refractivity contribution in [3.63, 3.8) is 0 Å². The molecule has 0 heterocycles. The lowest BCUT2D eigenvalue weighted by atomic mass is 10.2. The SMILES string of the molecule is Cc1ccc(OP(OCl)Oc2ccc(C)cc2)cc1. The van der Waals surface area contributed by atoms with Crippen LogP contribution in [-0.4, -0.2) is 0 Å². The molecule has 0 aliphatic carbocycles. The Morgan fingerprint density at radius 1 is 0.737 bits per heavy atom. The van der Waals surface area contributed by atoms with Gasteiger partial charge in [0.2, 0.25) is 0 Å². The molecular weight excluding hydrogens is 283 g/mol. The van der Waals surface area contributed by atoms with E-state index in [-0.39, 0.29) is 0 Å². The average molecular weight is 297 g/mol. The van der Waals surface area contributed by atoms with Crippen LogP contribution in [-0.2, 0) is 4.08 Å². The lowest BCUT2D eigenvalue weighted by Gasteiger charge is -2.14. The Hall–Kier alpha value is -1.28. The van der Waals surface area contributed by atoms with Gasteiger partial charge in [-0.25, -0.2) is 0 Å². The number of halogens is 1. The highest BCUT2D eigenvalue weighted by molar-refractivity contribution is 7.43. The van der Waals surface area contributed by atoms with E-state index in [0.29, 0.717) is 11.5 Å². The first-order valence-corrected chi connectivity index (χ1v) is 7.16. The predicted octanol–water partition coefficient (Wildman–Crippen LogP) is 5.16. The number of benzene rings is 2. The second-order valence-electron chi connectivity index (χ2n) is 4.10. The van der Waals surface area contributed by atoms with E-state index in [1.54, 1.807) is 0 Å². The Morgan fingerprint density at radius 3 is 1.42 bits per heavy atom. The second-order valence-corrected chi connectivity index (χ2v) is 5.47. The molecule has 0 atom stereocenters. The van der Waals surface area contributed by atoms with Gasteiger partial charge in [-0.1, -0.05) is 35.4 Å². The summed E-state index contributed by atoms with van der Waals surface area (Å²) in [5.74, 6) is 1.31. The number of hydrogen-bond acceptors (Lipinski definition) is 3. The van der Waals surface area contributed by atoms with Crippen molar-refractivity contribution in [2.45, 2.75) is 13.8 Å². The van der Waals surface area contributed by atoms with Crippen molar-refractivity contribution >= 4 is 20.5 Å². The third-order valence-corrected chi connectivity index (χ3v) is 3.63. The van der Waals surface area contributed by atoms with Crippen LogP contribution in [0, 0.1) is 13.8 Å². The molecule has 0 amide bonds. The first-order valence-electron chi connectivity index (χ1n) is 5.75. The minimum absolute atomic E-state index is 0.657. The molecule has 0 saturated carbocycles. The van der Waals surface area contributed by atoms with Crippen molar-refractivity contribution in [1.29, 1.82) is 0 Å². The first-order chi connectivity index (χ1) is 9.17. The zero-order valence-electron chi connectivity index (χ0n) is 10.7. The molecule has 2 rings (SSSR count). The van der Waals surface area contributed by atoms with E-state index in [0.717, 1.165) is 11.1 Å². The van der Waals surface area contributed by atoms with Crippen LogP contribution in [0.2, 0.25) is 0 Å². The fraction of sp³-hybridized carbons (Fsp3) is 0.143. The maximum atomic E-state index is 5.54. The monoisotopic (exact) mass is 296 g/mol. The smallest absolute Gasteiger partial charge is 0.417 e. The van der Waals surface area contributed by atoms with Crippen LogP contribution >= 0.6 is 20.5 Å². The molecule has 0 radical (unpaired) electrons. The van der Waals surface area contributed by atoms with E-state index >= 15 is 0 Å². The van der Waals surface area contributed by atoms with E-state index in [2.05, 4.69) is 0 Å². The predicted molar refractivity (Wildman–Crippen MR) is 77.5 cm³/mol. The molecule has 0 aliphatic rings. The molecule has 0 spiro atoms. The third-order valence-electron chi connectivity index (χ3n) is 2.46. The summed E-state index contributed by atoms with van der Waals surface area (Å²) in [4.78, 5) is 0. The van der Waals surface area contributed by atoms with Gasteiger partial charge in [0, 0.05) is 0 Å². The molecule has 0 aromatic heterocycles. The van der Waals surface area contributed by atoms with Gasteiger partial charge in [0.25, 0.3) is 0 Å². The number of rotatable bonds is 5. The van der Waals surface area contributed by atoms with Gasteiger partial charge in [-0.3, -0.25) is 0 Å². The van der Waals surface area contributed by atoms with Crippen LogP contribution in [0.4, 0.5) is 0 Å². The van der Waals surface area contributed by atoms with Crippen LogP contribution in [0.15, 0.2) is 48.5 Å². The normalized spacial score (nSPS) is 10.5. The quantitative estimate of drug-likeness (QED) is 0.713. The van der Waals surface area contributed by atoms with E-state index in [1.807, 2.05) is 62.4 Å². The van der Waals surface area contributed by atoms with Gasteiger partial charge < -0.3 is 9.05 Å². The lowest BCUT2D eigenvalue weighted by Crippen LogP contribution is -1.95. The minimum Gasteiger partial charge on any atom is -0.417 e. The van der Waals surface area contributed by atoms with Crippen LogP contribution in [0.5, 0.6) is 11.5 Å². The van der Waals surface area contributed by atoms with E-state index in [1.165, 1.54) is 0 Å². The Bertz CT molecular complexity index is 466. The van der Waals surface area contributed by atoms with Crippen molar-refractivity contribution in [1.82, 2.24) is 0 Å². The van der Waals surface area contributed by atoms with E-state index in [9.17, 15) is 0 Å². The van der Waals surface area contributed by atoms with Crippen LogP contribution in [0.1, 0.15) is 11.1 Å². The van der Waals surface area contributed by atoms with Gasteiger partial charge in [-0.15, -0.1) is 0 Å². The highest BCUT2D eigenvalue weighted by atomic mass is 35.5. The second kappa shape index (κ2) is 6.76. The molecule has 100 valence electrons. The topological polar surface area (TPSA) is 27.7 Å². The molecule has 3 nitrogen and oxygen atoms in total. The van der Waals surface area contributed by atoms with E-state index < -0.39 is 8.60 Å². The third kappa shape index (κ3) is 4.39. The Kier molecular flexibility index (Phi) is 5.03. The van der Waals surface area contributed by atoms with Gasteiger partial charge in [-0.05, 0) is 38.1 Å². The summed E-state index contributed by atoms with van der Waals surface area (Å²) in [5.41, 5.74) is 2.31. The molecule has 0 fully saturated rings. The summed E-state index contributed by atoms with van der Waals surface area (Å²) < 4.78 is 15.8. The Balaban J connectivity index is 2.00. The lowest BCUT2D eigenvalue weighted by molar-refractivity contribution is 0.403. The summed E-state index contributed by atoms with van der Waals surface area (Å²) in [6, 6.07) is 15.2. The molecular formula is C14H14ClO3P. The summed E-state index contributed by atoms with van der Waals surface area (Å²) in [6.07, 6.45) is 0. The number of hydrogen-bond donors (Lipinski definition) is 0. The molecule has 0 aliphatic heterocycles. The maximum absolute atomic E-state index is 5.54. The summed E-state index contributed by atoms with van der Waals surface area (Å²) in [5, 5.41) is 0. The summed E-state index contributed by atoms with van der Waals surface area (Å²) in [6.45, 7) is 4.01. The Labute approximate surface area is 119 Å². The van der Waals surface area contributed by atoms with Crippen LogP contribution in [0.3, 0.4) is 0 Å². The van der Waals surface area contributed by atoms with Gasteiger partial charge in [0.15, 0.2) is 0 Å². The van der Waals surface area contributed by atoms with Gasteiger partial charge in [0.05, 0.1) is 11.9 Å². The molecule has 0 saturated heterocycles. The highest BCUT2D eigenvalue weighted by Gasteiger charge is 2.16. The molecule has 5 heteroatoms. The van der Waals surface area contributed by atoms with Crippen molar-refractivity contribution in [3.05, 3.63) is 59.7 Å². The van der Waals surface area contributed by atoms with Crippen molar-refractivity contribution in [2.24, 2.45) is 0 Å². The van der Waals surface area contributed by atoms with Gasteiger partial charge in [0.1, 0.15) is 11.5 Å². The molecule has 2 aromatic rings. The number of aryl methyl sites for hydroxylation is 2. The fourth-order valence-corrected chi connectivity index (χ4v) is 2.27. The van der Waals surface area contributed by atoms with Crippen LogP contribution in [0.25, 0.3) is 0 Å². The molecule has 0 N–H and O–H groups in total. The fourth-order valence-electron chi connectivity index (χ4n) is 1.42. The molecule has 2 aromatic carbocycles. The first kappa shape index (κ1) is 14.1. The van der Waals surface area contributed by atoms with Crippen molar-refractivity contribution in [3.8, 4) is 11.5 Å². The largest absolute Gasteiger partial charge is 0.481 e. The summed E-state index contributed by atoms with van der Waals surface area (Å²) in [7, 11) is -1.66. The van der Waals surface area contributed by atoms with Crippen molar-refractivity contribution < 1.29 is 13.1 Å². The minimum atomic E-state index is -1.66. The average Bonchev–Trinajstić information content (AvgIpc) is 2.43. The van der Waals surface area contributed by atoms with Crippen LogP contribution < -0.4 is 9.05 Å². The Morgan fingerprint density at radius 2 is 1.11 bits per heavy atom. The molecule has 0 unspecified atom stereocenters. The van der Waals surface area contributed by atoms with Gasteiger partial charge in [-0.2, -0.15) is 4.08 Å². The van der Waals surface area contributed by atoms with Crippen molar-refractivity contribution in [2.75, 3.05) is 0 Å². The highest BCUT2D eigenvalue weighted by Crippen LogP contribution is 2.42. The molecule has 0 bridgehead atoms. The standard InChI is InChI=1S/C14H14ClO3P/c1-11-3-7-13(8-4-11)16-19(18-15)17-14-9-5-12(2)6-10-14/h3-10H,1-2H3.